The summed E-state index contributed by atoms with van der Waals surface area (Å²) in [4.78, 5) is 11.4. The predicted octanol–water partition coefficient (Wildman–Crippen LogP) is 0.652. The first kappa shape index (κ1) is 12.6. The van der Waals surface area contributed by atoms with E-state index in [2.05, 4.69) is 5.32 Å². The fourth-order valence-corrected chi connectivity index (χ4v) is 2.06. The number of nitrogens with two attached hydrogens (primary N) is 1. The van der Waals surface area contributed by atoms with Gasteiger partial charge in [0.1, 0.15) is 11.6 Å². The average Bonchev–Trinajstić information content (AvgIpc) is 2.22. The van der Waals surface area contributed by atoms with Crippen molar-refractivity contribution in [1.29, 1.82) is 0 Å². The molecule has 1 unspecified atom stereocenters. The molecule has 0 aliphatic carbocycles. The van der Waals surface area contributed by atoms with Crippen LogP contribution in [0.15, 0.2) is 23.1 Å². The predicted molar refractivity (Wildman–Crippen MR) is 60.8 cm³/mol. The molecule has 0 saturated heterocycles. The fourth-order valence-electron chi connectivity index (χ4n) is 1.10. The quantitative estimate of drug-likeness (QED) is 0.764. The molecule has 1 aromatic carbocycles. The number of nitrogen functional groups attached to an aromatic ring is 1. The molecule has 6 heteroatoms. The molecule has 4 nitrogen and oxygen atoms in total. The van der Waals surface area contributed by atoms with E-state index >= 15 is 0 Å². The van der Waals surface area contributed by atoms with Gasteiger partial charge in [-0.3, -0.25) is 9.00 Å². The van der Waals surface area contributed by atoms with Gasteiger partial charge in [0, 0.05) is 11.4 Å². The topological polar surface area (TPSA) is 72.2 Å². The van der Waals surface area contributed by atoms with E-state index in [1.54, 1.807) is 6.92 Å². The van der Waals surface area contributed by atoms with E-state index in [0.29, 0.717) is 6.54 Å². The molecule has 0 aromatic heterocycles. The number of rotatable bonds is 4. The molecular formula is C10H13FN2O2S. The monoisotopic (exact) mass is 244 g/mol. The minimum Gasteiger partial charge on any atom is -0.396 e. The second-order valence-corrected chi connectivity index (χ2v) is 4.58. The van der Waals surface area contributed by atoms with E-state index in [9.17, 15) is 13.4 Å². The number of anilines is 1. The maximum absolute atomic E-state index is 13.1. The molecule has 0 aliphatic rings. The van der Waals surface area contributed by atoms with Gasteiger partial charge in [0.15, 0.2) is 0 Å². The minimum absolute atomic E-state index is 0.00115. The first-order chi connectivity index (χ1) is 7.54. The molecule has 0 radical (unpaired) electrons. The second-order valence-electron chi connectivity index (χ2n) is 3.13. The first-order valence-electron chi connectivity index (χ1n) is 4.74. The lowest BCUT2D eigenvalue weighted by Gasteiger charge is -2.04. The summed E-state index contributed by atoms with van der Waals surface area (Å²) in [6, 6.07) is 3.87. The number of carbonyl (C=O) groups excluding carboxylic acids is 1. The van der Waals surface area contributed by atoms with Crippen molar-refractivity contribution in [2.75, 3.05) is 18.0 Å². The lowest BCUT2D eigenvalue weighted by Crippen LogP contribution is -2.27. The third-order valence-corrected chi connectivity index (χ3v) is 3.18. The molecule has 88 valence electrons. The molecular weight excluding hydrogens is 231 g/mol. The highest BCUT2D eigenvalue weighted by molar-refractivity contribution is 7.85. The van der Waals surface area contributed by atoms with Gasteiger partial charge in [-0.05, 0) is 25.1 Å². The van der Waals surface area contributed by atoms with Gasteiger partial charge in [0.2, 0.25) is 5.91 Å². The summed E-state index contributed by atoms with van der Waals surface area (Å²) in [5, 5.41) is 2.52. The van der Waals surface area contributed by atoms with Crippen LogP contribution in [0.25, 0.3) is 0 Å². The molecule has 0 aliphatic heterocycles. The van der Waals surface area contributed by atoms with Crippen LogP contribution in [-0.2, 0) is 15.6 Å². The van der Waals surface area contributed by atoms with E-state index in [1.165, 1.54) is 12.1 Å². The largest absolute Gasteiger partial charge is 0.396 e. The number of hydrogen-bond acceptors (Lipinski definition) is 3. The van der Waals surface area contributed by atoms with Crippen LogP contribution in [0.3, 0.4) is 0 Å². The maximum Gasteiger partial charge on any atom is 0.232 e. The summed E-state index contributed by atoms with van der Waals surface area (Å²) >= 11 is 0. The molecule has 0 heterocycles. The third kappa shape index (κ3) is 3.30. The summed E-state index contributed by atoms with van der Waals surface area (Å²) in [6.07, 6.45) is 0. The van der Waals surface area contributed by atoms with Crippen molar-refractivity contribution in [3.63, 3.8) is 0 Å². The number of halogens is 1. The lowest BCUT2D eigenvalue weighted by molar-refractivity contribution is -0.118. The fraction of sp³-hybridized carbons (Fsp3) is 0.300. The van der Waals surface area contributed by atoms with Crippen LogP contribution < -0.4 is 11.1 Å². The SMILES string of the molecule is CCNC(=O)CS(=O)c1ccc(N)c(F)c1. The zero-order valence-electron chi connectivity index (χ0n) is 8.83. The smallest absolute Gasteiger partial charge is 0.232 e. The Morgan fingerprint density at radius 1 is 1.56 bits per heavy atom. The van der Waals surface area contributed by atoms with Crippen LogP contribution >= 0.6 is 0 Å². The van der Waals surface area contributed by atoms with Crippen molar-refractivity contribution in [3.8, 4) is 0 Å². The molecule has 0 spiro atoms. The van der Waals surface area contributed by atoms with Crippen molar-refractivity contribution >= 4 is 22.4 Å². The number of amides is 1. The highest BCUT2D eigenvalue weighted by atomic mass is 32.2. The summed E-state index contributed by atoms with van der Waals surface area (Å²) in [5.74, 6) is -1.11. The van der Waals surface area contributed by atoms with Crippen LogP contribution in [0.5, 0.6) is 0 Å². The van der Waals surface area contributed by atoms with Gasteiger partial charge >= 0.3 is 0 Å². The van der Waals surface area contributed by atoms with Gasteiger partial charge in [-0.2, -0.15) is 0 Å². The normalized spacial score (nSPS) is 12.1. The number of hydrogen-bond donors (Lipinski definition) is 2. The zero-order chi connectivity index (χ0) is 12.1. The summed E-state index contributed by atoms with van der Waals surface area (Å²) in [7, 11) is -1.54. The molecule has 0 bridgehead atoms. The first-order valence-corrected chi connectivity index (χ1v) is 6.06. The number of carbonyl (C=O) groups is 1. The Bertz CT molecular complexity index is 423. The van der Waals surface area contributed by atoms with Crippen molar-refractivity contribution in [1.82, 2.24) is 5.32 Å². The molecule has 0 saturated carbocycles. The molecule has 1 aromatic rings. The number of benzene rings is 1. The summed E-state index contributed by atoms with van der Waals surface area (Å²) in [5.41, 5.74) is 5.28. The van der Waals surface area contributed by atoms with E-state index in [0.717, 1.165) is 6.07 Å². The van der Waals surface area contributed by atoms with Crippen LogP contribution in [-0.4, -0.2) is 22.4 Å². The molecule has 16 heavy (non-hydrogen) atoms. The van der Waals surface area contributed by atoms with Crippen LogP contribution in [0, 0.1) is 5.82 Å². The highest BCUT2D eigenvalue weighted by Crippen LogP contribution is 2.14. The Morgan fingerprint density at radius 3 is 2.81 bits per heavy atom. The van der Waals surface area contributed by atoms with E-state index in [4.69, 9.17) is 5.73 Å². The Hall–Kier alpha value is -1.43. The van der Waals surface area contributed by atoms with E-state index < -0.39 is 16.6 Å². The Balaban J connectivity index is 2.73. The summed E-state index contributed by atoms with van der Waals surface area (Å²) in [6.45, 7) is 2.25. The van der Waals surface area contributed by atoms with Gasteiger partial charge in [0.05, 0.1) is 16.5 Å². The van der Waals surface area contributed by atoms with Gasteiger partial charge in [-0.15, -0.1) is 0 Å². The van der Waals surface area contributed by atoms with Gasteiger partial charge in [-0.1, -0.05) is 0 Å². The summed E-state index contributed by atoms with van der Waals surface area (Å²) < 4.78 is 24.7. The average molecular weight is 244 g/mol. The third-order valence-electron chi connectivity index (χ3n) is 1.87. The number of nitrogens with one attached hydrogen (secondary N) is 1. The molecule has 1 rings (SSSR count). The van der Waals surface area contributed by atoms with Crippen LogP contribution in [0.2, 0.25) is 0 Å². The van der Waals surface area contributed by atoms with Crippen LogP contribution in [0.4, 0.5) is 10.1 Å². The van der Waals surface area contributed by atoms with Gasteiger partial charge in [-0.25, -0.2) is 4.39 Å². The van der Waals surface area contributed by atoms with Crippen molar-refractivity contribution in [2.24, 2.45) is 0 Å². The minimum atomic E-state index is -1.54. The maximum atomic E-state index is 13.1. The molecule has 1 amide bonds. The van der Waals surface area contributed by atoms with Crippen molar-refractivity contribution in [2.45, 2.75) is 11.8 Å². The Labute approximate surface area is 95.5 Å². The standard InChI is InChI=1S/C10H13FN2O2S/c1-2-13-10(14)6-16(15)7-3-4-9(12)8(11)5-7/h3-5H,2,6,12H2,1H3,(H,13,14). The van der Waals surface area contributed by atoms with E-state index in [-0.39, 0.29) is 22.2 Å². The molecule has 0 fully saturated rings. The Morgan fingerprint density at radius 2 is 2.25 bits per heavy atom. The Kier molecular flexibility index (Phi) is 4.42. The van der Waals surface area contributed by atoms with Gasteiger partial charge in [0.25, 0.3) is 0 Å². The lowest BCUT2D eigenvalue weighted by atomic mass is 10.3. The second kappa shape index (κ2) is 5.60. The van der Waals surface area contributed by atoms with Gasteiger partial charge < -0.3 is 11.1 Å². The molecule has 3 N–H and O–H groups in total. The van der Waals surface area contributed by atoms with Crippen LogP contribution in [0.1, 0.15) is 6.92 Å². The highest BCUT2D eigenvalue weighted by Gasteiger charge is 2.11. The van der Waals surface area contributed by atoms with Crippen molar-refractivity contribution in [3.05, 3.63) is 24.0 Å². The van der Waals surface area contributed by atoms with Crippen molar-refractivity contribution < 1.29 is 13.4 Å². The molecule has 1 atom stereocenters. The van der Waals surface area contributed by atoms with E-state index in [1.807, 2.05) is 0 Å². The zero-order valence-corrected chi connectivity index (χ0v) is 9.64.